The zero-order chi connectivity index (χ0) is 11.5. The zero-order valence-corrected chi connectivity index (χ0v) is 10.8. The van der Waals surface area contributed by atoms with E-state index >= 15 is 0 Å². The van der Waals surface area contributed by atoms with E-state index in [-0.39, 0.29) is 0 Å². The fraction of sp³-hybridized carbons (Fsp3) is 0.846. The molecule has 1 saturated heterocycles. The molecule has 88 valence electrons. The van der Waals surface area contributed by atoms with Crippen LogP contribution < -0.4 is 5.32 Å². The van der Waals surface area contributed by atoms with Crippen LogP contribution in [0.25, 0.3) is 0 Å². The molecule has 1 aliphatic heterocycles. The van der Waals surface area contributed by atoms with Gasteiger partial charge in [0.05, 0.1) is 0 Å². The van der Waals surface area contributed by atoms with E-state index < -0.39 is 0 Å². The highest BCUT2D eigenvalue weighted by molar-refractivity contribution is 5.00. The molecule has 0 aromatic carbocycles. The van der Waals surface area contributed by atoms with E-state index in [1.807, 2.05) is 0 Å². The van der Waals surface area contributed by atoms with Gasteiger partial charge < -0.3 is 5.32 Å². The highest BCUT2D eigenvalue weighted by Gasteiger charge is 2.33. The first kappa shape index (κ1) is 12.7. The van der Waals surface area contributed by atoms with E-state index in [1.54, 1.807) is 0 Å². The molecule has 0 amide bonds. The summed E-state index contributed by atoms with van der Waals surface area (Å²) < 4.78 is 0. The largest absolute Gasteiger partial charge is 0.309 e. The van der Waals surface area contributed by atoms with Crippen LogP contribution in [0.2, 0.25) is 0 Å². The molecule has 1 N–H and O–H groups in total. The van der Waals surface area contributed by atoms with Crippen LogP contribution >= 0.6 is 0 Å². The Balaban J connectivity index is 2.64. The molecule has 2 unspecified atom stereocenters. The highest BCUT2D eigenvalue weighted by Crippen LogP contribution is 2.20. The Bertz CT molecular complexity index is 225. The van der Waals surface area contributed by atoms with Crippen molar-refractivity contribution in [2.75, 3.05) is 19.6 Å². The van der Waals surface area contributed by atoms with Crippen molar-refractivity contribution >= 4 is 0 Å². The lowest BCUT2D eigenvalue weighted by Gasteiger charge is -2.46. The summed E-state index contributed by atoms with van der Waals surface area (Å²) in [6.45, 7) is 16.3. The minimum Gasteiger partial charge on any atom is -0.309 e. The average molecular weight is 210 g/mol. The smallest absolute Gasteiger partial charge is 0.0278 e. The van der Waals surface area contributed by atoms with Crippen molar-refractivity contribution in [2.24, 2.45) is 0 Å². The first-order valence-electron chi connectivity index (χ1n) is 6.14. The molecule has 0 radical (unpaired) electrons. The van der Waals surface area contributed by atoms with E-state index in [2.05, 4.69) is 44.5 Å². The van der Waals surface area contributed by atoms with Gasteiger partial charge in [-0.05, 0) is 26.7 Å². The number of rotatable bonds is 4. The number of nitrogens with one attached hydrogen (secondary N) is 1. The Hall–Kier alpha value is -0.340. The van der Waals surface area contributed by atoms with Crippen LogP contribution in [-0.2, 0) is 0 Å². The molecule has 15 heavy (non-hydrogen) atoms. The Morgan fingerprint density at radius 2 is 2.20 bits per heavy atom. The van der Waals surface area contributed by atoms with Crippen molar-refractivity contribution in [3.8, 4) is 0 Å². The van der Waals surface area contributed by atoms with Crippen LogP contribution in [0.5, 0.6) is 0 Å². The lowest BCUT2D eigenvalue weighted by atomic mass is 9.92. The van der Waals surface area contributed by atoms with E-state index in [9.17, 15) is 0 Å². The molecule has 2 heteroatoms. The fourth-order valence-corrected chi connectivity index (χ4v) is 2.30. The molecule has 0 saturated carbocycles. The lowest BCUT2D eigenvalue weighted by molar-refractivity contribution is 0.0910. The number of piperazine rings is 1. The van der Waals surface area contributed by atoms with Crippen molar-refractivity contribution in [3.05, 3.63) is 12.2 Å². The number of hydrogen-bond acceptors (Lipinski definition) is 2. The molecule has 0 aliphatic carbocycles. The van der Waals surface area contributed by atoms with Gasteiger partial charge in [0, 0.05) is 31.2 Å². The molecule has 0 aromatic heterocycles. The predicted molar refractivity (Wildman–Crippen MR) is 67.2 cm³/mol. The van der Waals surface area contributed by atoms with Gasteiger partial charge in [-0.25, -0.2) is 0 Å². The molecule has 0 aromatic rings. The lowest BCUT2D eigenvalue weighted by Crippen LogP contribution is -2.62. The first-order chi connectivity index (χ1) is 7.00. The number of nitrogens with zero attached hydrogens (tertiary/aromatic N) is 1. The third kappa shape index (κ3) is 3.32. The Morgan fingerprint density at radius 1 is 1.53 bits per heavy atom. The SMILES string of the molecule is C=C(C)CN1CC(C)(CC)NCC1CC. The summed E-state index contributed by atoms with van der Waals surface area (Å²) >= 11 is 0. The molecule has 2 atom stereocenters. The van der Waals surface area contributed by atoms with Crippen molar-refractivity contribution in [1.82, 2.24) is 10.2 Å². The summed E-state index contributed by atoms with van der Waals surface area (Å²) in [5.74, 6) is 0. The van der Waals surface area contributed by atoms with Gasteiger partial charge in [0.2, 0.25) is 0 Å². The second-order valence-corrected chi connectivity index (χ2v) is 5.22. The third-order valence-electron chi connectivity index (χ3n) is 3.56. The van der Waals surface area contributed by atoms with Crippen LogP contribution in [0.15, 0.2) is 12.2 Å². The molecule has 2 nitrogen and oxygen atoms in total. The van der Waals surface area contributed by atoms with Crippen LogP contribution in [-0.4, -0.2) is 36.1 Å². The van der Waals surface area contributed by atoms with Crippen LogP contribution in [0.4, 0.5) is 0 Å². The molecule has 1 rings (SSSR count). The van der Waals surface area contributed by atoms with Gasteiger partial charge in [-0.3, -0.25) is 4.90 Å². The fourth-order valence-electron chi connectivity index (χ4n) is 2.30. The Morgan fingerprint density at radius 3 is 2.67 bits per heavy atom. The maximum atomic E-state index is 4.03. The topological polar surface area (TPSA) is 15.3 Å². The van der Waals surface area contributed by atoms with Gasteiger partial charge in [-0.2, -0.15) is 0 Å². The predicted octanol–water partition coefficient (Wildman–Crippen LogP) is 2.42. The van der Waals surface area contributed by atoms with Gasteiger partial charge in [0.1, 0.15) is 0 Å². The third-order valence-corrected chi connectivity index (χ3v) is 3.56. The maximum Gasteiger partial charge on any atom is 0.0278 e. The normalized spacial score (nSPS) is 32.9. The first-order valence-corrected chi connectivity index (χ1v) is 6.14. The second-order valence-electron chi connectivity index (χ2n) is 5.22. The standard InChI is InChI=1S/C13H26N2/c1-6-12-8-14-13(5,7-2)10-15(12)9-11(3)4/h12,14H,3,6-10H2,1-2,4-5H3. The average Bonchev–Trinajstić information content (AvgIpc) is 2.17. The van der Waals surface area contributed by atoms with Gasteiger partial charge in [-0.15, -0.1) is 0 Å². The van der Waals surface area contributed by atoms with Crippen molar-refractivity contribution < 1.29 is 0 Å². The summed E-state index contributed by atoms with van der Waals surface area (Å²) in [6.07, 6.45) is 2.41. The quantitative estimate of drug-likeness (QED) is 0.717. The van der Waals surface area contributed by atoms with Crippen LogP contribution in [0.3, 0.4) is 0 Å². The van der Waals surface area contributed by atoms with Gasteiger partial charge >= 0.3 is 0 Å². The number of hydrogen-bond donors (Lipinski definition) is 1. The van der Waals surface area contributed by atoms with Crippen LogP contribution in [0.1, 0.15) is 40.5 Å². The van der Waals surface area contributed by atoms with E-state index in [0.717, 1.165) is 19.6 Å². The zero-order valence-electron chi connectivity index (χ0n) is 10.8. The summed E-state index contributed by atoms with van der Waals surface area (Å²) in [5.41, 5.74) is 1.56. The molecule has 0 spiro atoms. The highest BCUT2D eigenvalue weighted by atomic mass is 15.2. The minimum atomic E-state index is 0.293. The van der Waals surface area contributed by atoms with Crippen LogP contribution in [0, 0.1) is 0 Å². The molecule has 1 aliphatic rings. The summed E-state index contributed by atoms with van der Waals surface area (Å²) in [7, 11) is 0. The van der Waals surface area contributed by atoms with E-state index in [1.165, 1.54) is 18.4 Å². The second kappa shape index (κ2) is 5.13. The minimum absolute atomic E-state index is 0.293. The van der Waals surface area contributed by atoms with Gasteiger partial charge in [0.15, 0.2) is 0 Å². The summed E-state index contributed by atoms with van der Waals surface area (Å²) in [5, 5.41) is 3.68. The molecule has 1 fully saturated rings. The van der Waals surface area contributed by atoms with E-state index in [0.29, 0.717) is 11.6 Å². The van der Waals surface area contributed by atoms with Crippen molar-refractivity contribution in [2.45, 2.75) is 52.1 Å². The van der Waals surface area contributed by atoms with Gasteiger partial charge in [-0.1, -0.05) is 26.0 Å². The van der Waals surface area contributed by atoms with Crippen molar-refractivity contribution in [1.29, 1.82) is 0 Å². The molecular weight excluding hydrogens is 184 g/mol. The van der Waals surface area contributed by atoms with Gasteiger partial charge in [0.25, 0.3) is 0 Å². The monoisotopic (exact) mass is 210 g/mol. The molecule has 1 heterocycles. The molecular formula is C13H26N2. The van der Waals surface area contributed by atoms with E-state index in [4.69, 9.17) is 0 Å². The Labute approximate surface area is 94.7 Å². The molecule has 0 bridgehead atoms. The summed E-state index contributed by atoms with van der Waals surface area (Å²) in [4.78, 5) is 2.59. The summed E-state index contributed by atoms with van der Waals surface area (Å²) in [6, 6.07) is 0.682. The van der Waals surface area contributed by atoms with Crippen molar-refractivity contribution in [3.63, 3.8) is 0 Å². The maximum absolute atomic E-state index is 4.03. The Kier molecular flexibility index (Phi) is 4.35.